The molecule has 2 aromatic rings. The quantitative estimate of drug-likeness (QED) is 0.484. The minimum Gasteiger partial charge on any atom is -0.460 e. The molecule has 2 rings (SSSR count). The van der Waals surface area contributed by atoms with E-state index >= 15 is 0 Å². The summed E-state index contributed by atoms with van der Waals surface area (Å²) in [5.41, 5.74) is 0.841. The second-order valence-corrected chi connectivity index (χ2v) is 3.28. The lowest BCUT2D eigenvalue weighted by Gasteiger charge is -2.00. The first-order valence-electron chi connectivity index (χ1n) is 4.96. The highest BCUT2D eigenvalue weighted by atomic mass is 16.5. The molecule has 1 heterocycles. The van der Waals surface area contributed by atoms with Crippen LogP contribution in [0, 0.1) is 0 Å². The molecule has 0 aliphatic carbocycles. The molecule has 0 fully saturated rings. The van der Waals surface area contributed by atoms with E-state index in [1.165, 1.54) is 18.2 Å². The number of fused-ring (bicyclic) bond motifs is 1. The Morgan fingerprint density at radius 1 is 1.41 bits per heavy atom. The van der Waals surface area contributed by atoms with Crippen molar-refractivity contribution in [2.24, 2.45) is 0 Å². The maximum Gasteiger partial charge on any atom is 0.417 e. The van der Waals surface area contributed by atoms with E-state index in [1.807, 2.05) is 0 Å². The van der Waals surface area contributed by atoms with Crippen molar-refractivity contribution in [2.75, 3.05) is 6.61 Å². The molecule has 88 valence electrons. The van der Waals surface area contributed by atoms with Gasteiger partial charge >= 0.3 is 11.7 Å². The molecule has 0 spiro atoms. The molecule has 0 unspecified atom stereocenters. The normalized spacial score (nSPS) is 10.4. The van der Waals surface area contributed by atoms with Gasteiger partial charge in [-0.25, -0.2) is 9.59 Å². The van der Waals surface area contributed by atoms with E-state index in [1.54, 1.807) is 6.92 Å². The van der Waals surface area contributed by atoms with Crippen LogP contribution < -0.4 is 5.76 Å². The molecule has 0 radical (unpaired) electrons. The van der Waals surface area contributed by atoms with Gasteiger partial charge in [-0.2, -0.15) is 0 Å². The zero-order valence-electron chi connectivity index (χ0n) is 8.98. The van der Waals surface area contributed by atoms with Crippen molar-refractivity contribution >= 4 is 22.9 Å². The number of carbonyl (C=O) groups is 2. The highest BCUT2D eigenvalue weighted by Crippen LogP contribution is 2.13. The van der Waals surface area contributed by atoms with Gasteiger partial charge in [-0.05, 0) is 25.1 Å². The number of oxazole rings is 1. The molecule has 1 N–H and O–H groups in total. The van der Waals surface area contributed by atoms with Crippen LogP contribution in [0.1, 0.15) is 17.3 Å². The molecule has 0 aliphatic rings. The van der Waals surface area contributed by atoms with Crippen molar-refractivity contribution in [2.45, 2.75) is 6.92 Å². The summed E-state index contributed by atoms with van der Waals surface area (Å²) in [6.45, 7) is 1.75. The van der Waals surface area contributed by atoms with Crippen molar-refractivity contribution in [1.82, 2.24) is 4.98 Å². The van der Waals surface area contributed by atoms with Crippen LogP contribution in [0.15, 0.2) is 27.4 Å². The fraction of sp³-hybridized carbons (Fsp3) is 0.182. The van der Waals surface area contributed by atoms with E-state index in [9.17, 15) is 14.4 Å². The molecule has 17 heavy (non-hydrogen) atoms. The predicted molar refractivity (Wildman–Crippen MR) is 57.8 cm³/mol. The molecular weight excluding hydrogens is 226 g/mol. The number of aromatic nitrogens is 1. The van der Waals surface area contributed by atoms with Crippen LogP contribution in [0.4, 0.5) is 0 Å². The lowest BCUT2D eigenvalue weighted by molar-refractivity contribution is -0.137. The Morgan fingerprint density at radius 2 is 2.18 bits per heavy atom. The summed E-state index contributed by atoms with van der Waals surface area (Å²) in [5, 5.41) is 0. The van der Waals surface area contributed by atoms with Crippen LogP contribution in [0.3, 0.4) is 0 Å². The van der Waals surface area contributed by atoms with Gasteiger partial charge in [0.2, 0.25) is 0 Å². The molecule has 6 heteroatoms. The second-order valence-electron chi connectivity index (χ2n) is 3.28. The Morgan fingerprint density at radius 3 is 2.88 bits per heavy atom. The third-order valence-electron chi connectivity index (χ3n) is 2.14. The number of rotatable bonds is 3. The van der Waals surface area contributed by atoms with E-state index in [4.69, 9.17) is 4.42 Å². The van der Waals surface area contributed by atoms with Gasteiger partial charge in [0, 0.05) is 5.56 Å². The van der Waals surface area contributed by atoms with E-state index in [0.29, 0.717) is 11.1 Å². The van der Waals surface area contributed by atoms with Crippen molar-refractivity contribution in [3.63, 3.8) is 0 Å². The molecule has 0 amide bonds. The number of aromatic amines is 1. The summed E-state index contributed by atoms with van der Waals surface area (Å²) in [5.74, 6) is -2.28. The number of ether oxygens (including phenoxy) is 1. The average molecular weight is 235 g/mol. The summed E-state index contributed by atoms with van der Waals surface area (Å²) >= 11 is 0. The Hall–Kier alpha value is -2.37. The van der Waals surface area contributed by atoms with Crippen LogP contribution in [0.2, 0.25) is 0 Å². The molecule has 1 aromatic carbocycles. The van der Waals surface area contributed by atoms with Crippen molar-refractivity contribution in [3.8, 4) is 0 Å². The van der Waals surface area contributed by atoms with Gasteiger partial charge in [0.05, 0.1) is 12.1 Å². The highest BCUT2D eigenvalue weighted by Gasteiger charge is 2.18. The van der Waals surface area contributed by atoms with E-state index in [-0.39, 0.29) is 12.2 Å². The molecule has 1 aromatic heterocycles. The van der Waals surface area contributed by atoms with Crippen LogP contribution in [-0.2, 0) is 9.53 Å². The SMILES string of the molecule is CCOC(=O)C(=O)c1ccc2oc(=O)[nH]c2c1. The van der Waals surface area contributed by atoms with Crippen LogP contribution in [0.5, 0.6) is 0 Å². The standard InChI is InChI=1S/C11H9NO5/c1-2-16-10(14)9(13)6-3-4-8-7(5-6)12-11(15)17-8/h3-5H,2H2,1H3,(H,12,15). The van der Waals surface area contributed by atoms with E-state index < -0.39 is 17.5 Å². The van der Waals surface area contributed by atoms with E-state index in [2.05, 4.69) is 9.72 Å². The molecule has 0 atom stereocenters. The van der Waals surface area contributed by atoms with E-state index in [0.717, 1.165) is 0 Å². The number of nitrogens with one attached hydrogen (secondary N) is 1. The monoisotopic (exact) mass is 235 g/mol. The fourth-order valence-electron chi connectivity index (χ4n) is 1.41. The van der Waals surface area contributed by atoms with Crippen molar-refractivity contribution in [3.05, 3.63) is 34.3 Å². The number of hydrogen-bond donors (Lipinski definition) is 1. The van der Waals surface area contributed by atoms with Gasteiger partial charge in [0.15, 0.2) is 5.58 Å². The predicted octanol–water partition coefficient (Wildman–Crippen LogP) is 0.867. The first kappa shape index (κ1) is 11.1. The Bertz CT molecular complexity index is 637. The van der Waals surface area contributed by atoms with Gasteiger partial charge in [0.1, 0.15) is 0 Å². The first-order valence-corrected chi connectivity index (χ1v) is 4.96. The number of carbonyl (C=O) groups excluding carboxylic acids is 2. The number of Topliss-reactive ketones (excluding diaryl/α,β-unsaturated/α-hetero) is 1. The highest BCUT2D eigenvalue weighted by molar-refractivity contribution is 6.40. The van der Waals surface area contributed by atoms with Gasteiger partial charge in [-0.1, -0.05) is 0 Å². The van der Waals surface area contributed by atoms with Gasteiger partial charge < -0.3 is 9.15 Å². The van der Waals surface area contributed by atoms with Crippen LogP contribution >= 0.6 is 0 Å². The third kappa shape index (κ3) is 2.10. The summed E-state index contributed by atoms with van der Waals surface area (Å²) in [7, 11) is 0. The lowest BCUT2D eigenvalue weighted by Crippen LogP contribution is -2.17. The third-order valence-corrected chi connectivity index (χ3v) is 2.14. The number of hydrogen-bond acceptors (Lipinski definition) is 5. The minimum absolute atomic E-state index is 0.134. The van der Waals surface area contributed by atoms with Crippen molar-refractivity contribution in [1.29, 1.82) is 0 Å². The van der Waals surface area contributed by atoms with Crippen molar-refractivity contribution < 1.29 is 18.7 Å². The number of ketones is 1. The smallest absolute Gasteiger partial charge is 0.417 e. The van der Waals surface area contributed by atoms with Gasteiger partial charge in [0.25, 0.3) is 5.78 Å². The van der Waals surface area contributed by atoms with Crippen LogP contribution in [0.25, 0.3) is 11.1 Å². The maximum atomic E-state index is 11.6. The average Bonchev–Trinajstić information content (AvgIpc) is 2.67. The number of H-pyrrole nitrogens is 1. The molecule has 0 bridgehead atoms. The second kappa shape index (κ2) is 4.25. The Labute approximate surface area is 95.2 Å². The summed E-state index contributed by atoms with van der Waals surface area (Å²) in [6.07, 6.45) is 0. The molecule has 6 nitrogen and oxygen atoms in total. The van der Waals surface area contributed by atoms with Gasteiger partial charge in [-0.3, -0.25) is 9.78 Å². The maximum absolute atomic E-state index is 11.6. The Kier molecular flexibility index (Phi) is 2.78. The fourth-order valence-corrected chi connectivity index (χ4v) is 1.41. The zero-order valence-corrected chi connectivity index (χ0v) is 8.98. The summed E-state index contributed by atoms with van der Waals surface area (Å²) in [4.78, 5) is 36.1. The molecule has 0 saturated heterocycles. The number of esters is 1. The largest absolute Gasteiger partial charge is 0.460 e. The lowest BCUT2D eigenvalue weighted by atomic mass is 10.1. The first-order chi connectivity index (χ1) is 8.11. The zero-order chi connectivity index (χ0) is 12.4. The van der Waals surface area contributed by atoms with Crippen LogP contribution in [-0.4, -0.2) is 23.3 Å². The Balaban J connectivity index is 2.39. The molecular formula is C11H9NO5. The molecule has 0 aliphatic heterocycles. The van der Waals surface area contributed by atoms with Gasteiger partial charge in [-0.15, -0.1) is 0 Å². The summed E-state index contributed by atoms with van der Waals surface area (Å²) in [6, 6.07) is 4.22. The minimum atomic E-state index is -0.919. The summed E-state index contributed by atoms with van der Waals surface area (Å²) < 4.78 is 9.36. The number of benzene rings is 1. The molecule has 0 saturated carbocycles. The topological polar surface area (TPSA) is 89.4 Å².